The number of nitrogens with zero attached hydrogens (tertiary/aromatic N) is 1. The summed E-state index contributed by atoms with van der Waals surface area (Å²) in [6.07, 6.45) is 2.18. The average Bonchev–Trinajstić information content (AvgIpc) is 2.68. The van der Waals surface area contributed by atoms with Crippen LogP contribution in [0.4, 0.5) is 10.1 Å². The summed E-state index contributed by atoms with van der Waals surface area (Å²) in [4.78, 5) is 2.06. The van der Waals surface area contributed by atoms with Crippen molar-refractivity contribution in [1.29, 1.82) is 5.41 Å². The van der Waals surface area contributed by atoms with E-state index in [1.807, 2.05) is 0 Å². The molecule has 1 aromatic carbocycles. The van der Waals surface area contributed by atoms with Crippen LogP contribution in [-0.4, -0.2) is 18.4 Å². The molecule has 0 saturated carbocycles. The van der Waals surface area contributed by atoms with Crippen molar-refractivity contribution in [3.63, 3.8) is 0 Å². The third kappa shape index (κ3) is 2.16. The number of rotatable bonds is 2. The number of nitrogens with two attached hydrogens (primary N) is 1. The molecule has 1 aromatic rings. The van der Waals surface area contributed by atoms with Crippen LogP contribution in [0.1, 0.15) is 25.3 Å². The Hall–Kier alpha value is -1.10. The topological polar surface area (TPSA) is 53.1 Å². The monoisotopic (exact) mass is 299 g/mol. The van der Waals surface area contributed by atoms with Crippen molar-refractivity contribution >= 4 is 27.5 Å². The van der Waals surface area contributed by atoms with E-state index in [4.69, 9.17) is 11.1 Å². The molecule has 1 atom stereocenters. The fourth-order valence-electron chi connectivity index (χ4n) is 2.26. The molecule has 92 valence electrons. The lowest BCUT2D eigenvalue weighted by Gasteiger charge is -2.25. The minimum Gasteiger partial charge on any atom is -0.384 e. The molecule has 1 fully saturated rings. The predicted octanol–water partition coefficient (Wildman–Crippen LogP) is 2.86. The van der Waals surface area contributed by atoms with Crippen molar-refractivity contribution < 1.29 is 4.39 Å². The highest BCUT2D eigenvalue weighted by molar-refractivity contribution is 9.10. The van der Waals surface area contributed by atoms with Gasteiger partial charge in [0.2, 0.25) is 0 Å². The number of halogens is 2. The number of hydrogen-bond acceptors (Lipinski definition) is 2. The maximum absolute atomic E-state index is 14.2. The van der Waals surface area contributed by atoms with E-state index in [-0.39, 0.29) is 16.1 Å². The third-order valence-corrected chi connectivity index (χ3v) is 3.99. The summed E-state index contributed by atoms with van der Waals surface area (Å²) in [5.74, 6) is -0.455. The molecule has 1 heterocycles. The standard InChI is InChI=1S/C12H15BrFN3/c1-7-3-2-6-17(7)9-5-4-8(12(15)16)10(13)11(9)14/h4-5,7H,2-3,6H2,1H3,(H3,15,16). The smallest absolute Gasteiger partial charge is 0.161 e. The zero-order valence-electron chi connectivity index (χ0n) is 9.63. The van der Waals surface area contributed by atoms with E-state index in [0.717, 1.165) is 19.4 Å². The zero-order valence-corrected chi connectivity index (χ0v) is 11.2. The van der Waals surface area contributed by atoms with Crippen LogP contribution in [0, 0.1) is 11.2 Å². The molecule has 1 aliphatic rings. The van der Waals surface area contributed by atoms with Gasteiger partial charge in [0.05, 0.1) is 10.2 Å². The summed E-state index contributed by atoms with van der Waals surface area (Å²) in [5.41, 5.74) is 6.38. The van der Waals surface area contributed by atoms with Crippen LogP contribution < -0.4 is 10.6 Å². The van der Waals surface area contributed by atoms with Crippen molar-refractivity contribution in [2.75, 3.05) is 11.4 Å². The van der Waals surface area contributed by atoms with Gasteiger partial charge in [0.25, 0.3) is 0 Å². The maximum Gasteiger partial charge on any atom is 0.161 e. The Kier molecular flexibility index (Phi) is 3.38. The summed E-state index contributed by atoms with van der Waals surface area (Å²) in [7, 11) is 0. The first-order valence-electron chi connectivity index (χ1n) is 5.61. The number of anilines is 1. The van der Waals surface area contributed by atoms with Gasteiger partial charge in [0.15, 0.2) is 5.82 Å². The average molecular weight is 300 g/mol. The van der Waals surface area contributed by atoms with Crippen LogP contribution in [0.15, 0.2) is 16.6 Å². The van der Waals surface area contributed by atoms with Crippen LogP contribution in [0.3, 0.4) is 0 Å². The Morgan fingerprint density at radius 1 is 1.59 bits per heavy atom. The predicted molar refractivity (Wildman–Crippen MR) is 71.2 cm³/mol. The molecule has 3 N–H and O–H groups in total. The molecule has 0 bridgehead atoms. The molecular formula is C12H15BrFN3. The molecule has 0 amide bonds. The van der Waals surface area contributed by atoms with Gasteiger partial charge >= 0.3 is 0 Å². The molecule has 17 heavy (non-hydrogen) atoms. The number of nitrogen functional groups attached to an aromatic ring is 1. The molecule has 2 rings (SSSR count). The lowest BCUT2D eigenvalue weighted by molar-refractivity contribution is 0.607. The van der Waals surface area contributed by atoms with Gasteiger partial charge in [-0.1, -0.05) is 0 Å². The molecule has 5 heteroatoms. The van der Waals surface area contributed by atoms with E-state index in [1.54, 1.807) is 12.1 Å². The van der Waals surface area contributed by atoms with E-state index in [0.29, 0.717) is 17.3 Å². The Bertz CT molecular complexity index is 461. The maximum atomic E-state index is 14.2. The second kappa shape index (κ2) is 4.64. The van der Waals surface area contributed by atoms with E-state index >= 15 is 0 Å². The Balaban J connectivity index is 2.43. The molecular weight excluding hydrogens is 285 g/mol. The van der Waals surface area contributed by atoms with Crippen molar-refractivity contribution in [3.8, 4) is 0 Å². The normalized spacial score (nSPS) is 19.7. The summed E-state index contributed by atoms with van der Waals surface area (Å²) in [6.45, 7) is 2.98. The van der Waals surface area contributed by atoms with Crippen LogP contribution in [0.5, 0.6) is 0 Å². The van der Waals surface area contributed by atoms with Crippen molar-refractivity contribution in [2.45, 2.75) is 25.8 Å². The molecule has 3 nitrogen and oxygen atoms in total. The van der Waals surface area contributed by atoms with Gasteiger partial charge < -0.3 is 10.6 Å². The van der Waals surface area contributed by atoms with Gasteiger partial charge in [-0.15, -0.1) is 0 Å². The summed E-state index contributed by atoms with van der Waals surface area (Å²) in [6, 6.07) is 3.76. The highest BCUT2D eigenvalue weighted by atomic mass is 79.9. The van der Waals surface area contributed by atoms with Gasteiger partial charge in [-0.05, 0) is 47.8 Å². The van der Waals surface area contributed by atoms with Gasteiger partial charge in [-0.2, -0.15) is 0 Å². The van der Waals surface area contributed by atoms with Gasteiger partial charge in [0, 0.05) is 18.2 Å². The first-order valence-corrected chi connectivity index (χ1v) is 6.40. The van der Waals surface area contributed by atoms with Crippen molar-refractivity contribution in [1.82, 2.24) is 0 Å². The highest BCUT2D eigenvalue weighted by Crippen LogP contribution is 2.33. The fourth-order valence-corrected chi connectivity index (χ4v) is 2.81. The van der Waals surface area contributed by atoms with Crippen LogP contribution >= 0.6 is 15.9 Å². The molecule has 1 aliphatic heterocycles. The Morgan fingerprint density at radius 2 is 2.29 bits per heavy atom. The summed E-state index contributed by atoms with van der Waals surface area (Å²) in [5, 5.41) is 7.36. The summed E-state index contributed by atoms with van der Waals surface area (Å²) >= 11 is 3.18. The first-order chi connectivity index (χ1) is 8.02. The molecule has 0 spiro atoms. The number of nitrogens with one attached hydrogen (secondary N) is 1. The van der Waals surface area contributed by atoms with Crippen molar-refractivity contribution in [3.05, 3.63) is 28.0 Å². The molecule has 1 saturated heterocycles. The second-order valence-electron chi connectivity index (χ2n) is 4.36. The van der Waals surface area contributed by atoms with Crippen LogP contribution in [0.25, 0.3) is 0 Å². The lowest BCUT2D eigenvalue weighted by atomic mass is 10.1. The SMILES string of the molecule is CC1CCCN1c1ccc(C(=N)N)c(Br)c1F. The summed E-state index contributed by atoms with van der Waals surface area (Å²) < 4.78 is 14.5. The number of hydrogen-bond donors (Lipinski definition) is 2. The number of amidine groups is 1. The van der Waals surface area contributed by atoms with Crippen molar-refractivity contribution in [2.24, 2.45) is 5.73 Å². The Labute approximate surface area is 108 Å². The van der Waals surface area contributed by atoms with Gasteiger partial charge in [0.1, 0.15) is 5.84 Å². The van der Waals surface area contributed by atoms with Gasteiger partial charge in [-0.3, -0.25) is 5.41 Å². The minimum atomic E-state index is -0.327. The van der Waals surface area contributed by atoms with E-state index in [9.17, 15) is 4.39 Å². The minimum absolute atomic E-state index is 0.128. The quantitative estimate of drug-likeness (QED) is 0.652. The zero-order chi connectivity index (χ0) is 12.6. The number of benzene rings is 1. The molecule has 1 unspecified atom stereocenters. The third-order valence-electron chi connectivity index (χ3n) is 3.21. The van der Waals surface area contributed by atoms with Crippen LogP contribution in [0.2, 0.25) is 0 Å². The lowest BCUT2D eigenvalue weighted by Crippen LogP contribution is -2.27. The van der Waals surface area contributed by atoms with Crippen LogP contribution in [-0.2, 0) is 0 Å². The van der Waals surface area contributed by atoms with E-state index in [1.165, 1.54) is 0 Å². The van der Waals surface area contributed by atoms with E-state index in [2.05, 4.69) is 27.8 Å². The molecule has 0 aromatic heterocycles. The molecule has 0 radical (unpaired) electrons. The highest BCUT2D eigenvalue weighted by Gasteiger charge is 2.24. The van der Waals surface area contributed by atoms with E-state index < -0.39 is 0 Å². The fraction of sp³-hybridized carbons (Fsp3) is 0.417. The second-order valence-corrected chi connectivity index (χ2v) is 5.15. The first kappa shape index (κ1) is 12.4. The largest absolute Gasteiger partial charge is 0.384 e. The molecule has 0 aliphatic carbocycles. The van der Waals surface area contributed by atoms with Gasteiger partial charge in [-0.25, -0.2) is 4.39 Å². The Morgan fingerprint density at radius 3 is 2.82 bits per heavy atom.